The van der Waals surface area contributed by atoms with Gasteiger partial charge in [-0.25, -0.2) is 9.13 Å². The normalized spacial score (nSPS) is 10.4. The van der Waals surface area contributed by atoms with Gasteiger partial charge in [-0.05, 0) is 43.0 Å². The predicted molar refractivity (Wildman–Crippen MR) is 112 cm³/mol. The summed E-state index contributed by atoms with van der Waals surface area (Å²) in [6, 6.07) is 15.9. The quantitative estimate of drug-likeness (QED) is 0.411. The molecule has 0 aliphatic carbocycles. The van der Waals surface area contributed by atoms with Gasteiger partial charge in [0, 0.05) is 0 Å². The van der Waals surface area contributed by atoms with Crippen molar-refractivity contribution in [3.8, 4) is 34.0 Å². The summed E-state index contributed by atoms with van der Waals surface area (Å²) in [6.07, 6.45) is 0. The average molecular weight is 433 g/mol. The monoisotopic (exact) mass is 432 g/mol. The highest BCUT2D eigenvalue weighted by molar-refractivity contribution is 7.99. The second-order valence-corrected chi connectivity index (χ2v) is 7.43. The van der Waals surface area contributed by atoms with Crippen LogP contribution in [-0.4, -0.2) is 30.3 Å². The molecule has 0 bridgehead atoms. The fourth-order valence-corrected chi connectivity index (χ4v) is 4.29. The molecule has 0 spiro atoms. The number of carbonyl (C=O) groups is 1. The number of carbonyl (C=O) groups excluding carboxylic acids is 1. The molecule has 3 rings (SSSR count). The van der Waals surface area contributed by atoms with E-state index >= 15 is 0 Å². The zero-order valence-corrected chi connectivity index (χ0v) is 18.8. The average Bonchev–Trinajstić information content (AvgIpc) is 2.95. The van der Waals surface area contributed by atoms with Gasteiger partial charge in [0.15, 0.2) is 11.4 Å². The SMILES string of the molecule is COc1ccccc1-c1c(-c2ccccc2OC)[n+](C)c(SCC(C)=O)n1C.[Cl-]. The highest BCUT2D eigenvalue weighted by Crippen LogP contribution is 2.40. The van der Waals surface area contributed by atoms with Crippen molar-refractivity contribution in [3.05, 3.63) is 48.5 Å². The van der Waals surface area contributed by atoms with Gasteiger partial charge in [0.05, 0.1) is 45.2 Å². The maximum atomic E-state index is 11.6. The molecule has 0 atom stereocenters. The summed E-state index contributed by atoms with van der Waals surface area (Å²) in [5, 5.41) is 0.983. The molecule has 0 saturated heterocycles. The highest BCUT2D eigenvalue weighted by atomic mass is 35.5. The summed E-state index contributed by atoms with van der Waals surface area (Å²) in [5.41, 5.74) is 3.99. The van der Waals surface area contributed by atoms with E-state index in [-0.39, 0.29) is 18.2 Å². The molecule has 1 heterocycles. The van der Waals surface area contributed by atoms with Crippen molar-refractivity contribution in [1.82, 2.24) is 4.57 Å². The molecule has 0 unspecified atom stereocenters. The second-order valence-electron chi connectivity index (χ2n) is 6.49. The lowest BCUT2D eigenvalue weighted by Crippen LogP contribution is -3.00. The van der Waals surface area contributed by atoms with E-state index in [1.165, 1.54) is 11.8 Å². The third kappa shape index (κ3) is 4.43. The van der Waals surface area contributed by atoms with Gasteiger partial charge in [0.1, 0.15) is 17.3 Å². The first-order chi connectivity index (χ1) is 13.5. The number of thioether (sulfide) groups is 1. The largest absolute Gasteiger partial charge is 1.00 e. The minimum atomic E-state index is 0. The van der Waals surface area contributed by atoms with Crippen molar-refractivity contribution in [3.63, 3.8) is 0 Å². The third-order valence-electron chi connectivity index (χ3n) is 4.60. The van der Waals surface area contributed by atoms with Crippen LogP contribution in [0.25, 0.3) is 22.5 Å². The van der Waals surface area contributed by atoms with E-state index in [4.69, 9.17) is 9.47 Å². The zero-order valence-electron chi connectivity index (χ0n) is 17.2. The van der Waals surface area contributed by atoms with E-state index in [9.17, 15) is 4.79 Å². The Balaban J connectivity index is 0.00000300. The summed E-state index contributed by atoms with van der Waals surface area (Å²) >= 11 is 1.53. The van der Waals surface area contributed by atoms with E-state index < -0.39 is 0 Å². The molecule has 0 saturated carbocycles. The van der Waals surface area contributed by atoms with Crippen molar-refractivity contribution in [2.75, 3.05) is 20.0 Å². The Morgan fingerprint density at radius 1 is 1.00 bits per heavy atom. The number of methoxy groups -OCH3 is 2. The summed E-state index contributed by atoms with van der Waals surface area (Å²) in [5.74, 6) is 2.15. The number of Topliss-reactive ketones (excluding diaryl/α,β-unsaturated/α-hetero) is 1. The van der Waals surface area contributed by atoms with Crippen molar-refractivity contribution in [2.24, 2.45) is 14.1 Å². The number of hydrogen-bond acceptors (Lipinski definition) is 4. The van der Waals surface area contributed by atoms with Gasteiger partial charge in [-0.2, -0.15) is 0 Å². The molecule has 2 aromatic carbocycles. The number of imidazole rings is 1. The first kappa shape index (κ1) is 22.8. The third-order valence-corrected chi connectivity index (χ3v) is 5.95. The Kier molecular flexibility index (Phi) is 7.76. The van der Waals surface area contributed by atoms with Crippen LogP contribution in [0.4, 0.5) is 0 Å². The molecule has 0 N–H and O–H groups in total. The Morgan fingerprint density at radius 2 is 1.52 bits per heavy atom. The molecule has 29 heavy (non-hydrogen) atoms. The molecule has 0 fully saturated rings. The van der Waals surface area contributed by atoms with Gasteiger partial charge in [-0.15, -0.1) is 0 Å². The number of hydrogen-bond donors (Lipinski definition) is 0. The maximum Gasteiger partial charge on any atom is 0.319 e. The lowest BCUT2D eigenvalue weighted by Gasteiger charge is -2.10. The van der Waals surface area contributed by atoms with Gasteiger partial charge in [-0.1, -0.05) is 24.3 Å². The molecule has 0 amide bonds. The molecule has 1 aromatic heterocycles. The molecule has 154 valence electrons. The lowest BCUT2D eigenvalue weighted by molar-refractivity contribution is -0.698. The van der Waals surface area contributed by atoms with Crippen molar-refractivity contribution in [1.29, 1.82) is 0 Å². The van der Waals surface area contributed by atoms with Gasteiger partial charge in [0.2, 0.25) is 0 Å². The summed E-state index contributed by atoms with van der Waals surface area (Å²) < 4.78 is 15.5. The highest BCUT2D eigenvalue weighted by Gasteiger charge is 2.32. The first-order valence-electron chi connectivity index (χ1n) is 8.97. The van der Waals surface area contributed by atoms with Crippen LogP contribution in [0, 0.1) is 0 Å². The van der Waals surface area contributed by atoms with Crippen LogP contribution in [0.1, 0.15) is 6.92 Å². The van der Waals surface area contributed by atoms with Crippen LogP contribution < -0.4 is 26.4 Å². The molecule has 5 nitrogen and oxygen atoms in total. The number of aromatic nitrogens is 2. The summed E-state index contributed by atoms with van der Waals surface area (Å²) in [4.78, 5) is 11.6. The van der Waals surface area contributed by atoms with Gasteiger partial charge in [0.25, 0.3) is 0 Å². The Bertz CT molecular complexity index is 946. The van der Waals surface area contributed by atoms with E-state index in [0.717, 1.165) is 39.2 Å². The van der Waals surface area contributed by atoms with Crippen molar-refractivity contribution in [2.45, 2.75) is 12.1 Å². The molecular weight excluding hydrogens is 408 g/mol. The van der Waals surface area contributed by atoms with E-state index in [1.807, 2.05) is 62.6 Å². The number of nitrogens with zero attached hydrogens (tertiary/aromatic N) is 2. The van der Waals surface area contributed by atoms with E-state index in [0.29, 0.717) is 5.75 Å². The number of halogens is 1. The van der Waals surface area contributed by atoms with E-state index in [2.05, 4.69) is 9.13 Å². The maximum absolute atomic E-state index is 11.6. The van der Waals surface area contributed by atoms with Crippen LogP contribution in [0.15, 0.2) is 53.7 Å². The smallest absolute Gasteiger partial charge is 0.319 e. The first-order valence-corrected chi connectivity index (χ1v) is 9.95. The fraction of sp³-hybridized carbons (Fsp3) is 0.273. The Labute approximate surface area is 182 Å². The van der Waals surface area contributed by atoms with Crippen molar-refractivity contribution >= 4 is 17.5 Å². The molecular formula is C22H25ClN2O3S. The molecule has 0 radical (unpaired) electrons. The standard InChI is InChI=1S/C22H25N2O3S.ClH/c1-15(25)14-28-22-23(2)20(16-10-6-8-12-18(16)26-4)21(24(22)3)17-11-7-9-13-19(17)27-5;/h6-13H,14H2,1-5H3;1H/q+1;/p-1. The Morgan fingerprint density at radius 3 is 2.07 bits per heavy atom. The van der Waals surface area contributed by atoms with Gasteiger partial charge in [-0.3, -0.25) is 4.79 Å². The van der Waals surface area contributed by atoms with Crippen LogP contribution >= 0.6 is 11.8 Å². The van der Waals surface area contributed by atoms with Gasteiger partial charge < -0.3 is 21.9 Å². The minimum absolute atomic E-state index is 0. The molecule has 0 aliphatic heterocycles. The molecule has 0 aliphatic rings. The minimum Gasteiger partial charge on any atom is -1.00 e. The number of benzene rings is 2. The van der Waals surface area contributed by atoms with Crippen LogP contribution in [0.3, 0.4) is 0 Å². The second kappa shape index (κ2) is 9.85. The topological polar surface area (TPSA) is 44.3 Å². The summed E-state index contributed by atoms with van der Waals surface area (Å²) in [7, 11) is 7.39. The Hall–Kier alpha value is -2.44. The van der Waals surface area contributed by atoms with Crippen LogP contribution in [0.2, 0.25) is 0 Å². The van der Waals surface area contributed by atoms with E-state index in [1.54, 1.807) is 21.1 Å². The fourth-order valence-electron chi connectivity index (χ4n) is 3.39. The summed E-state index contributed by atoms with van der Waals surface area (Å²) in [6.45, 7) is 1.61. The number of para-hydroxylation sites is 2. The predicted octanol–water partition coefficient (Wildman–Crippen LogP) is 0.886. The van der Waals surface area contributed by atoms with Gasteiger partial charge >= 0.3 is 5.16 Å². The van der Waals surface area contributed by atoms with Crippen LogP contribution in [0.5, 0.6) is 11.5 Å². The number of rotatable bonds is 7. The van der Waals surface area contributed by atoms with Crippen molar-refractivity contribution < 1.29 is 31.2 Å². The number of ether oxygens (including phenoxy) is 2. The molecule has 3 aromatic rings. The molecule has 7 heteroatoms. The zero-order chi connectivity index (χ0) is 20.3. The van der Waals surface area contributed by atoms with Crippen LogP contribution in [-0.2, 0) is 18.9 Å². The number of ketones is 1. The lowest BCUT2D eigenvalue weighted by atomic mass is 10.0.